The van der Waals surface area contributed by atoms with Crippen molar-refractivity contribution >= 4 is 16.9 Å². The van der Waals surface area contributed by atoms with Crippen LogP contribution in [0, 0.1) is 0 Å². The van der Waals surface area contributed by atoms with Gasteiger partial charge in [0.05, 0.1) is 19.3 Å². The standard InChI is InChI=1S/C19H15N5O4/c1-27-14-8-6-13(7-9-14)24-17(21-22-23-24)11-20-18(25)15-10-12-4-2-3-5-16(12)28-19(15)26/h2-10H,11H2,1H3,(H,20,25). The van der Waals surface area contributed by atoms with Gasteiger partial charge in [-0.3, -0.25) is 4.79 Å². The number of para-hydroxylation sites is 1. The Morgan fingerprint density at radius 3 is 2.75 bits per heavy atom. The Balaban J connectivity index is 1.54. The first-order valence-electron chi connectivity index (χ1n) is 8.38. The summed E-state index contributed by atoms with van der Waals surface area (Å²) in [6, 6.07) is 15.6. The fraction of sp³-hybridized carbons (Fsp3) is 0.105. The maximum absolute atomic E-state index is 12.5. The van der Waals surface area contributed by atoms with Crippen LogP contribution in [0.3, 0.4) is 0 Å². The highest BCUT2D eigenvalue weighted by atomic mass is 16.5. The summed E-state index contributed by atoms with van der Waals surface area (Å²) in [7, 11) is 1.58. The van der Waals surface area contributed by atoms with E-state index in [1.165, 1.54) is 10.7 Å². The van der Waals surface area contributed by atoms with E-state index in [1.807, 2.05) is 0 Å². The molecule has 4 aromatic rings. The summed E-state index contributed by atoms with van der Waals surface area (Å²) < 4.78 is 11.8. The zero-order valence-electron chi connectivity index (χ0n) is 14.8. The molecule has 0 spiro atoms. The fourth-order valence-electron chi connectivity index (χ4n) is 2.71. The molecule has 4 rings (SSSR count). The molecule has 1 N–H and O–H groups in total. The van der Waals surface area contributed by atoms with Gasteiger partial charge in [-0.05, 0) is 46.8 Å². The Labute approximate surface area is 158 Å². The molecule has 0 aliphatic rings. The zero-order chi connectivity index (χ0) is 19.5. The minimum atomic E-state index is -0.703. The lowest BCUT2D eigenvalue weighted by molar-refractivity contribution is 0.0946. The van der Waals surface area contributed by atoms with Gasteiger partial charge in [0, 0.05) is 5.39 Å². The molecular weight excluding hydrogens is 362 g/mol. The van der Waals surface area contributed by atoms with Crippen molar-refractivity contribution in [2.24, 2.45) is 0 Å². The lowest BCUT2D eigenvalue weighted by Gasteiger charge is -2.07. The van der Waals surface area contributed by atoms with Gasteiger partial charge in [0.15, 0.2) is 5.82 Å². The number of nitrogens with zero attached hydrogens (tertiary/aromatic N) is 4. The van der Waals surface area contributed by atoms with Crippen LogP contribution in [0.25, 0.3) is 16.7 Å². The van der Waals surface area contributed by atoms with Crippen molar-refractivity contribution in [1.29, 1.82) is 0 Å². The first-order chi connectivity index (χ1) is 13.7. The molecule has 0 saturated carbocycles. The Bertz CT molecular complexity index is 1200. The van der Waals surface area contributed by atoms with Gasteiger partial charge in [-0.25, -0.2) is 4.79 Å². The maximum Gasteiger partial charge on any atom is 0.349 e. The zero-order valence-corrected chi connectivity index (χ0v) is 14.8. The molecule has 0 radical (unpaired) electrons. The molecule has 0 bridgehead atoms. The van der Waals surface area contributed by atoms with E-state index in [0.717, 1.165) is 0 Å². The smallest absolute Gasteiger partial charge is 0.349 e. The number of methoxy groups -OCH3 is 1. The van der Waals surface area contributed by atoms with E-state index in [2.05, 4.69) is 20.8 Å². The summed E-state index contributed by atoms with van der Waals surface area (Å²) in [5.74, 6) is 0.544. The molecule has 0 saturated heterocycles. The van der Waals surface area contributed by atoms with Gasteiger partial charge in [0.25, 0.3) is 5.91 Å². The minimum absolute atomic E-state index is 0.0319. The number of amides is 1. The van der Waals surface area contributed by atoms with Crippen molar-refractivity contribution < 1.29 is 13.9 Å². The molecule has 0 unspecified atom stereocenters. The molecule has 140 valence electrons. The average Bonchev–Trinajstić information content (AvgIpc) is 3.20. The van der Waals surface area contributed by atoms with E-state index in [0.29, 0.717) is 28.2 Å². The van der Waals surface area contributed by atoms with Gasteiger partial charge in [0.2, 0.25) is 0 Å². The highest BCUT2D eigenvalue weighted by Gasteiger charge is 2.15. The number of benzene rings is 2. The molecule has 9 heteroatoms. The normalized spacial score (nSPS) is 10.8. The fourth-order valence-corrected chi connectivity index (χ4v) is 2.71. The van der Waals surface area contributed by atoms with Gasteiger partial charge in [-0.1, -0.05) is 18.2 Å². The van der Waals surface area contributed by atoms with E-state index < -0.39 is 11.5 Å². The molecule has 9 nitrogen and oxygen atoms in total. The first kappa shape index (κ1) is 17.4. The van der Waals surface area contributed by atoms with Crippen LogP contribution >= 0.6 is 0 Å². The van der Waals surface area contributed by atoms with Crippen molar-refractivity contribution in [3.05, 3.63) is 76.4 Å². The molecule has 2 heterocycles. The van der Waals surface area contributed by atoms with Gasteiger partial charge in [-0.2, -0.15) is 4.68 Å². The number of tetrazole rings is 1. The van der Waals surface area contributed by atoms with Crippen LogP contribution in [0.4, 0.5) is 0 Å². The monoisotopic (exact) mass is 377 g/mol. The lowest BCUT2D eigenvalue weighted by atomic mass is 10.2. The molecule has 2 aromatic carbocycles. The van der Waals surface area contributed by atoms with E-state index >= 15 is 0 Å². The van der Waals surface area contributed by atoms with Crippen molar-refractivity contribution in [1.82, 2.24) is 25.5 Å². The molecule has 0 atom stereocenters. The van der Waals surface area contributed by atoms with Gasteiger partial charge in [0.1, 0.15) is 16.9 Å². The molecule has 1 amide bonds. The number of ether oxygens (including phenoxy) is 1. The summed E-state index contributed by atoms with van der Waals surface area (Å²) in [5, 5.41) is 14.8. The summed E-state index contributed by atoms with van der Waals surface area (Å²) in [6.45, 7) is 0.0319. The number of hydrogen-bond acceptors (Lipinski definition) is 7. The number of carbonyl (C=O) groups is 1. The SMILES string of the molecule is COc1ccc(-n2nnnc2CNC(=O)c2cc3ccccc3oc2=O)cc1. The van der Waals surface area contributed by atoms with Crippen molar-refractivity contribution in [3.63, 3.8) is 0 Å². The summed E-state index contributed by atoms with van der Waals surface area (Å²) in [6.07, 6.45) is 0. The third-order valence-corrected chi connectivity index (χ3v) is 4.14. The molecule has 28 heavy (non-hydrogen) atoms. The van der Waals surface area contributed by atoms with Crippen LogP contribution in [0.2, 0.25) is 0 Å². The Morgan fingerprint density at radius 2 is 1.96 bits per heavy atom. The van der Waals surface area contributed by atoms with Crippen LogP contribution in [0.1, 0.15) is 16.2 Å². The Hall–Kier alpha value is -4.01. The molecule has 2 aromatic heterocycles. The number of aromatic nitrogens is 4. The van der Waals surface area contributed by atoms with Crippen molar-refractivity contribution in [2.75, 3.05) is 7.11 Å². The van der Waals surface area contributed by atoms with E-state index in [1.54, 1.807) is 55.6 Å². The van der Waals surface area contributed by atoms with E-state index in [-0.39, 0.29) is 12.1 Å². The molecule has 0 aliphatic carbocycles. The number of hydrogen-bond donors (Lipinski definition) is 1. The maximum atomic E-state index is 12.5. The highest BCUT2D eigenvalue weighted by Crippen LogP contribution is 2.15. The number of fused-ring (bicyclic) bond motifs is 1. The van der Waals surface area contributed by atoms with Gasteiger partial charge >= 0.3 is 5.63 Å². The Kier molecular flexibility index (Phi) is 4.55. The second kappa shape index (κ2) is 7.31. The molecule has 0 aliphatic heterocycles. The second-order valence-corrected chi connectivity index (χ2v) is 5.87. The topological polar surface area (TPSA) is 112 Å². The number of carbonyl (C=O) groups excluding carboxylic acids is 1. The second-order valence-electron chi connectivity index (χ2n) is 5.87. The third-order valence-electron chi connectivity index (χ3n) is 4.14. The van der Waals surface area contributed by atoms with Gasteiger partial charge < -0.3 is 14.5 Å². The predicted molar refractivity (Wildman–Crippen MR) is 99.4 cm³/mol. The van der Waals surface area contributed by atoms with Crippen LogP contribution in [0.5, 0.6) is 5.75 Å². The van der Waals surface area contributed by atoms with Gasteiger partial charge in [-0.15, -0.1) is 5.10 Å². The average molecular weight is 377 g/mol. The van der Waals surface area contributed by atoms with Crippen LogP contribution < -0.4 is 15.7 Å². The lowest BCUT2D eigenvalue weighted by Crippen LogP contribution is -2.29. The van der Waals surface area contributed by atoms with Crippen molar-refractivity contribution in [2.45, 2.75) is 6.54 Å². The largest absolute Gasteiger partial charge is 0.497 e. The van der Waals surface area contributed by atoms with E-state index in [9.17, 15) is 9.59 Å². The molecule has 0 fully saturated rings. The van der Waals surface area contributed by atoms with Crippen LogP contribution in [-0.4, -0.2) is 33.2 Å². The summed E-state index contributed by atoms with van der Waals surface area (Å²) in [5.41, 5.74) is 0.348. The van der Waals surface area contributed by atoms with E-state index in [4.69, 9.17) is 9.15 Å². The first-order valence-corrected chi connectivity index (χ1v) is 8.38. The predicted octanol–water partition coefficient (Wildman–Crippen LogP) is 1.71. The Morgan fingerprint density at radius 1 is 1.18 bits per heavy atom. The minimum Gasteiger partial charge on any atom is -0.497 e. The van der Waals surface area contributed by atoms with Crippen molar-refractivity contribution in [3.8, 4) is 11.4 Å². The summed E-state index contributed by atoms with van der Waals surface area (Å²) >= 11 is 0. The number of rotatable bonds is 5. The third kappa shape index (κ3) is 3.32. The summed E-state index contributed by atoms with van der Waals surface area (Å²) in [4.78, 5) is 24.6. The highest BCUT2D eigenvalue weighted by molar-refractivity contribution is 5.96. The number of nitrogens with one attached hydrogen (secondary N) is 1. The van der Waals surface area contributed by atoms with Crippen LogP contribution in [-0.2, 0) is 6.54 Å². The molecular formula is C19H15N5O4. The quantitative estimate of drug-likeness (QED) is 0.527. The van der Waals surface area contributed by atoms with Crippen LogP contribution in [0.15, 0.2) is 63.8 Å².